The summed E-state index contributed by atoms with van der Waals surface area (Å²) < 4.78 is 8.67. The molecule has 0 fully saturated rings. The fourth-order valence-electron chi connectivity index (χ4n) is 6.91. The molecule has 0 spiro atoms. The Morgan fingerprint density at radius 3 is 2.14 bits per heavy atom. The molecule has 0 saturated heterocycles. The number of hydrogen-bond acceptors (Lipinski definition) is 3. The first kappa shape index (κ1) is 23.6. The van der Waals surface area contributed by atoms with Crippen LogP contribution in [0.3, 0.4) is 0 Å². The number of fused-ring (bicyclic) bond motifs is 10. The first-order valence-corrected chi connectivity index (χ1v) is 14.8. The minimum atomic E-state index is 0.647. The Morgan fingerprint density at radius 2 is 1.20 bits per heavy atom. The van der Waals surface area contributed by atoms with Crippen molar-refractivity contribution in [3.8, 4) is 17.2 Å². The molecule has 204 valence electrons. The summed E-state index contributed by atoms with van der Waals surface area (Å²) in [5.41, 5.74) is 6.81. The molecule has 0 atom stereocenters. The third-order valence-electron chi connectivity index (χ3n) is 8.97. The Kier molecular flexibility index (Phi) is 4.69. The smallest absolute Gasteiger partial charge is 0.235 e. The van der Waals surface area contributed by atoms with Crippen LogP contribution in [0.1, 0.15) is 0 Å². The van der Waals surface area contributed by atoms with E-state index in [1.807, 2.05) is 18.2 Å². The molecule has 0 radical (unpaired) electrons. The molecule has 44 heavy (non-hydrogen) atoms. The lowest BCUT2D eigenvalue weighted by molar-refractivity contribution is 0.672. The first-order chi connectivity index (χ1) is 21.8. The van der Waals surface area contributed by atoms with Crippen LogP contribution in [-0.2, 0) is 0 Å². The van der Waals surface area contributed by atoms with Gasteiger partial charge in [0.2, 0.25) is 5.95 Å². The topological polar surface area (TPSA) is 43.9 Å². The van der Waals surface area contributed by atoms with E-state index in [-0.39, 0.29) is 0 Å². The molecule has 7 aromatic carbocycles. The van der Waals surface area contributed by atoms with Gasteiger partial charge in [0, 0.05) is 37.9 Å². The second-order valence-electron chi connectivity index (χ2n) is 11.4. The van der Waals surface area contributed by atoms with E-state index in [1.54, 1.807) is 0 Å². The van der Waals surface area contributed by atoms with Crippen LogP contribution in [0.25, 0.3) is 93.4 Å². The molecule has 0 aliphatic heterocycles. The number of para-hydroxylation sites is 3. The van der Waals surface area contributed by atoms with Crippen molar-refractivity contribution < 1.29 is 4.42 Å². The van der Waals surface area contributed by atoms with Crippen LogP contribution in [-0.4, -0.2) is 14.5 Å². The van der Waals surface area contributed by atoms with Gasteiger partial charge in [0.05, 0.1) is 22.2 Å². The molecule has 0 aliphatic carbocycles. The molecule has 10 aromatic rings. The van der Waals surface area contributed by atoms with Gasteiger partial charge in [0.25, 0.3) is 0 Å². The zero-order valence-corrected chi connectivity index (χ0v) is 23.5. The Hall–Kier alpha value is -6.00. The molecule has 4 nitrogen and oxygen atoms in total. The van der Waals surface area contributed by atoms with Crippen molar-refractivity contribution in [3.63, 3.8) is 0 Å². The molecule has 10 rings (SSSR count). The molecule has 4 heteroatoms. The van der Waals surface area contributed by atoms with Gasteiger partial charge in [0.1, 0.15) is 11.2 Å². The van der Waals surface area contributed by atoms with Gasteiger partial charge < -0.3 is 4.42 Å². The molecule has 0 aliphatic rings. The number of hydrogen-bond donors (Lipinski definition) is 0. The highest BCUT2D eigenvalue weighted by Gasteiger charge is 2.19. The maximum Gasteiger partial charge on any atom is 0.235 e. The highest BCUT2D eigenvalue weighted by atomic mass is 16.3. The van der Waals surface area contributed by atoms with Gasteiger partial charge in [0.15, 0.2) is 0 Å². The van der Waals surface area contributed by atoms with Crippen molar-refractivity contribution in [2.24, 2.45) is 0 Å². The minimum Gasteiger partial charge on any atom is -0.455 e. The monoisotopic (exact) mass is 561 g/mol. The lowest BCUT2D eigenvalue weighted by Gasteiger charge is -2.12. The molecular weight excluding hydrogens is 538 g/mol. The van der Waals surface area contributed by atoms with Crippen LogP contribution in [0.2, 0.25) is 0 Å². The molecule has 0 bridgehead atoms. The van der Waals surface area contributed by atoms with E-state index in [9.17, 15) is 0 Å². The van der Waals surface area contributed by atoms with Crippen molar-refractivity contribution in [1.29, 1.82) is 0 Å². The Balaban J connectivity index is 1.32. The van der Waals surface area contributed by atoms with Crippen LogP contribution in [0, 0.1) is 0 Å². The third kappa shape index (κ3) is 3.28. The average molecular weight is 562 g/mol. The van der Waals surface area contributed by atoms with E-state index in [1.165, 1.54) is 10.8 Å². The van der Waals surface area contributed by atoms with Gasteiger partial charge in [-0.1, -0.05) is 97.1 Å². The fraction of sp³-hybridized carbons (Fsp3) is 0. The average Bonchev–Trinajstić information content (AvgIpc) is 3.62. The highest BCUT2D eigenvalue weighted by molar-refractivity contribution is 6.20. The zero-order chi connectivity index (χ0) is 28.8. The van der Waals surface area contributed by atoms with E-state index in [0.29, 0.717) is 5.95 Å². The summed E-state index contributed by atoms with van der Waals surface area (Å²) in [6, 6.07) is 49.0. The van der Waals surface area contributed by atoms with Crippen molar-refractivity contribution in [3.05, 3.63) is 140 Å². The van der Waals surface area contributed by atoms with Crippen LogP contribution in [0.5, 0.6) is 0 Å². The second-order valence-corrected chi connectivity index (χ2v) is 11.4. The lowest BCUT2D eigenvalue weighted by atomic mass is 10.0. The van der Waals surface area contributed by atoms with Gasteiger partial charge in [-0.05, 0) is 58.6 Å². The Bertz CT molecular complexity index is 2790. The maximum atomic E-state index is 6.46. The third-order valence-corrected chi connectivity index (χ3v) is 8.97. The zero-order valence-electron chi connectivity index (χ0n) is 23.5. The maximum absolute atomic E-state index is 6.46. The first-order valence-electron chi connectivity index (χ1n) is 14.8. The Labute approximate surface area is 251 Å². The summed E-state index contributed by atoms with van der Waals surface area (Å²) in [6.07, 6.45) is 0. The largest absolute Gasteiger partial charge is 0.455 e. The summed E-state index contributed by atoms with van der Waals surface area (Å²) in [5.74, 6) is 0.647. The van der Waals surface area contributed by atoms with E-state index >= 15 is 0 Å². The van der Waals surface area contributed by atoms with Crippen LogP contribution >= 0.6 is 0 Å². The quantitative estimate of drug-likeness (QED) is 0.211. The van der Waals surface area contributed by atoms with Crippen LogP contribution < -0.4 is 0 Å². The van der Waals surface area contributed by atoms with Crippen molar-refractivity contribution in [2.45, 2.75) is 0 Å². The normalized spacial score (nSPS) is 12.1. The van der Waals surface area contributed by atoms with Gasteiger partial charge in [-0.2, -0.15) is 0 Å². The predicted octanol–water partition coefficient (Wildman–Crippen LogP) is 10.6. The van der Waals surface area contributed by atoms with Crippen molar-refractivity contribution in [2.75, 3.05) is 0 Å². The number of aromatic nitrogens is 3. The van der Waals surface area contributed by atoms with E-state index in [4.69, 9.17) is 14.4 Å². The van der Waals surface area contributed by atoms with Crippen LogP contribution in [0.15, 0.2) is 144 Å². The Morgan fingerprint density at radius 1 is 0.455 bits per heavy atom. The van der Waals surface area contributed by atoms with Crippen LogP contribution in [0.4, 0.5) is 0 Å². The molecule has 0 unspecified atom stereocenters. The molecule has 0 amide bonds. The summed E-state index contributed by atoms with van der Waals surface area (Å²) >= 11 is 0. The standard InChI is InChI=1S/C40H23N3O/c1-2-10-25-21-27(18-17-24(25)9-1)38-31-13-3-6-14-34(31)41-40(42-38)43-35-15-7-4-11-28(35)33-22-26-19-20-30-29-12-5-8-16-37(29)44-39(30)32(26)23-36(33)43/h1-23H. The molecule has 0 N–H and O–H groups in total. The number of benzene rings is 7. The molecule has 3 aromatic heterocycles. The van der Waals surface area contributed by atoms with Gasteiger partial charge in [-0.25, -0.2) is 9.97 Å². The summed E-state index contributed by atoms with van der Waals surface area (Å²) in [7, 11) is 0. The number of nitrogens with zero attached hydrogens (tertiary/aromatic N) is 3. The number of furan rings is 1. The predicted molar refractivity (Wildman–Crippen MR) is 182 cm³/mol. The summed E-state index contributed by atoms with van der Waals surface area (Å²) in [6.45, 7) is 0. The SMILES string of the molecule is c1ccc2cc(-c3nc(-n4c5ccccc5c5cc6ccc7c8ccccc8oc7c6cc54)nc4ccccc34)ccc2c1. The van der Waals surface area contributed by atoms with Gasteiger partial charge >= 0.3 is 0 Å². The lowest BCUT2D eigenvalue weighted by Crippen LogP contribution is -2.03. The molecule has 0 saturated carbocycles. The van der Waals surface area contributed by atoms with E-state index in [0.717, 1.165) is 76.7 Å². The highest BCUT2D eigenvalue weighted by Crippen LogP contribution is 2.40. The van der Waals surface area contributed by atoms with Gasteiger partial charge in [-0.3, -0.25) is 4.57 Å². The summed E-state index contributed by atoms with van der Waals surface area (Å²) in [5, 5.41) is 10.2. The molecule has 3 heterocycles. The van der Waals surface area contributed by atoms with Crippen molar-refractivity contribution >= 4 is 76.2 Å². The van der Waals surface area contributed by atoms with Crippen molar-refractivity contribution in [1.82, 2.24) is 14.5 Å². The van der Waals surface area contributed by atoms with Gasteiger partial charge in [-0.15, -0.1) is 0 Å². The minimum absolute atomic E-state index is 0.647. The second kappa shape index (κ2) is 8.76. The molecular formula is C40H23N3O. The summed E-state index contributed by atoms with van der Waals surface area (Å²) in [4.78, 5) is 10.5. The van der Waals surface area contributed by atoms with E-state index < -0.39 is 0 Å². The van der Waals surface area contributed by atoms with E-state index in [2.05, 4.69) is 126 Å². The fourth-order valence-corrected chi connectivity index (χ4v) is 6.91. The number of rotatable bonds is 2.